The first-order valence-electron chi connectivity index (χ1n) is 9.07. The predicted molar refractivity (Wildman–Crippen MR) is 116 cm³/mol. The van der Waals surface area contributed by atoms with E-state index in [9.17, 15) is 13.2 Å². The molecule has 0 saturated heterocycles. The van der Waals surface area contributed by atoms with Crippen molar-refractivity contribution in [2.24, 2.45) is 5.10 Å². The van der Waals surface area contributed by atoms with Crippen LogP contribution in [0.25, 0.3) is 22.4 Å². The molecule has 3 nitrogen and oxygen atoms in total. The van der Waals surface area contributed by atoms with E-state index >= 15 is 0 Å². The van der Waals surface area contributed by atoms with Crippen molar-refractivity contribution in [2.75, 3.05) is 5.43 Å². The highest BCUT2D eigenvalue weighted by molar-refractivity contribution is 7.14. The van der Waals surface area contributed by atoms with Crippen LogP contribution < -0.4 is 5.43 Å². The molecule has 4 aromatic rings. The van der Waals surface area contributed by atoms with Crippen LogP contribution in [0.4, 0.5) is 18.3 Å². The van der Waals surface area contributed by atoms with Crippen LogP contribution in [0.3, 0.4) is 0 Å². The van der Waals surface area contributed by atoms with Gasteiger partial charge in [0.1, 0.15) is 0 Å². The van der Waals surface area contributed by atoms with Gasteiger partial charge in [0.05, 0.1) is 17.5 Å². The number of benzene rings is 3. The van der Waals surface area contributed by atoms with Gasteiger partial charge >= 0.3 is 6.18 Å². The molecule has 0 saturated carbocycles. The number of hydrogen-bond acceptors (Lipinski definition) is 4. The summed E-state index contributed by atoms with van der Waals surface area (Å²) in [6.07, 6.45) is -2.66. The van der Waals surface area contributed by atoms with Gasteiger partial charge in [-0.1, -0.05) is 66.7 Å². The van der Waals surface area contributed by atoms with Crippen molar-refractivity contribution in [1.29, 1.82) is 0 Å². The Balaban J connectivity index is 1.39. The van der Waals surface area contributed by atoms with Gasteiger partial charge in [0.25, 0.3) is 0 Å². The number of rotatable bonds is 5. The first kappa shape index (κ1) is 19.8. The number of halogens is 3. The minimum atomic E-state index is -4.33. The maximum Gasteiger partial charge on any atom is 0.416 e. The van der Waals surface area contributed by atoms with E-state index in [0.29, 0.717) is 5.13 Å². The fraction of sp³-hybridized carbons (Fsp3) is 0.0435. The zero-order valence-corrected chi connectivity index (χ0v) is 16.4. The van der Waals surface area contributed by atoms with Crippen LogP contribution in [0.1, 0.15) is 11.1 Å². The zero-order valence-electron chi connectivity index (χ0n) is 15.6. The van der Waals surface area contributed by atoms with Crippen molar-refractivity contribution in [3.63, 3.8) is 0 Å². The van der Waals surface area contributed by atoms with Crippen LogP contribution in [-0.4, -0.2) is 11.2 Å². The van der Waals surface area contributed by atoms with Crippen LogP contribution in [0, 0.1) is 0 Å². The Morgan fingerprint density at radius 1 is 0.800 bits per heavy atom. The van der Waals surface area contributed by atoms with Crippen molar-refractivity contribution in [3.05, 3.63) is 95.4 Å². The molecule has 0 bridgehead atoms. The number of nitrogens with zero attached hydrogens (tertiary/aromatic N) is 2. The fourth-order valence-corrected chi connectivity index (χ4v) is 3.51. The Kier molecular flexibility index (Phi) is 5.63. The van der Waals surface area contributed by atoms with E-state index in [2.05, 4.69) is 15.5 Å². The molecule has 0 atom stereocenters. The Morgan fingerprint density at radius 2 is 1.43 bits per heavy atom. The summed E-state index contributed by atoms with van der Waals surface area (Å²) < 4.78 is 38.0. The molecule has 0 aliphatic carbocycles. The molecule has 0 aliphatic heterocycles. The number of anilines is 1. The molecular formula is C23H16F3N3S. The summed E-state index contributed by atoms with van der Waals surface area (Å²) in [7, 11) is 0. The van der Waals surface area contributed by atoms with E-state index in [1.807, 2.05) is 60.0 Å². The average Bonchev–Trinajstić information content (AvgIpc) is 3.23. The van der Waals surface area contributed by atoms with E-state index in [4.69, 9.17) is 0 Å². The number of thiazole rings is 1. The predicted octanol–water partition coefficient (Wildman–Crippen LogP) is 6.94. The molecule has 0 aliphatic rings. The highest BCUT2D eigenvalue weighted by Crippen LogP contribution is 2.31. The van der Waals surface area contributed by atoms with Crippen LogP contribution in [0.15, 0.2) is 89.3 Å². The van der Waals surface area contributed by atoms with Gasteiger partial charge in [0, 0.05) is 10.9 Å². The molecule has 3 aromatic carbocycles. The van der Waals surface area contributed by atoms with Crippen molar-refractivity contribution in [3.8, 4) is 22.4 Å². The van der Waals surface area contributed by atoms with Gasteiger partial charge in [-0.15, -0.1) is 11.3 Å². The van der Waals surface area contributed by atoms with Crippen LogP contribution in [-0.2, 0) is 6.18 Å². The fourth-order valence-electron chi connectivity index (χ4n) is 2.84. The summed E-state index contributed by atoms with van der Waals surface area (Å²) in [4.78, 5) is 4.50. The molecule has 0 fully saturated rings. The molecule has 1 N–H and O–H groups in total. The lowest BCUT2D eigenvalue weighted by molar-refractivity contribution is -0.137. The first-order valence-corrected chi connectivity index (χ1v) is 9.95. The Morgan fingerprint density at radius 3 is 2.07 bits per heavy atom. The molecule has 30 heavy (non-hydrogen) atoms. The van der Waals surface area contributed by atoms with Gasteiger partial charge in [0.2, 0.25) is 5.13 Å². The van der Waals surface area contributed by atoms with E-state index in [-0.39, 0.29) is 0 Å². The topological polar surface area (TPSA) is 37.3 Å². The molecule has 1 heterocycles. The highest BCUT2D eigenvalue weighted by Gasteiger charge is 2.29. The summed E-state index contributed by atoms with van der Waals surface area (Å²) in [5.74, 6) is 0. The molecule has 0 unspecified atom stereocenters. The van der Waals surface area contributed by atoms with Crippen LogP contribution >= 0.6 is 11.3 Å². The molecule has 0 amide bonds. The van der Waals surface area contributed by atoms with Crippen molar-refractivity contribution in [2.45, 2.75) is 6.18 Å². The average molecular weight is 423 g/mol. The number of hydrazone groups is 1. The Hall–Kier alpha value is -3.45. The number of alkyl halides is 3. The Labute approximate surface area is 175 Å². The van der Waals surface area contributed by atoms with Gasteiger partial charge in [0.15, 0.2) is 0 Å². The van der Waals surface area contributed by atoms with E-state index < -0.39 is 11.7 Å². The number of nitrogens with one attached hydrogen (secondary N) is 1. The highest BCUT2D eigenvalue weighted by atomic mass is 32.1. The molecule has 0 radical (unpaired) electrons. The molecule has 4 rings (SSSR count). The maximum absolute atomic E-state index is 12.7. The summed E-state index contributed by atoms with van der Waals surface area (Å²) >= 11 is 1.47. The number of aromatic nitrogens is 1. The zero-order chi connectivity index (χ0) is 21.0. The maximum atomic E-state index is 12.7. The third kappa shape index (κ3) is 4.75. The molecular weight excluding hydrogens is 407 g/mol. The quantitative estimate of drug-likeness (QED) is 0.279. The van der Waals surface area contributed by atoms with Gasteiger partial charge in [-0.05, 0) is 28.8 Å². The molecule has 150 valence electrons. The summed E-state index contributed by atoms with van der Waals surface area (Å²) in [5.41, 5.74) is 6.62. The smallest absolute Gasteiger partial charge is 0.253 e. The minimum Gasteiger partial charge on any atom is -0.253 e. The second kappa shape index (κ2) is 8.51. The van der Waals surface area contributed by atoms with Gasteiger partial charge < -0.3 is 0 Å². The summed E-state index contributed by atoms with van der Waals surface area (Å²) in [5, 5.41) is 6.86. The second-order valence-electron chi connectivity index (χ2n) is 6.47. The summed E-state index contributed by atoms with van der Waals surface area (Å²) in [6.45, 7) is 0. The van der Waals surface area contributed by atoms with Crippen molar-refractivity contribution >= 4 is 22.7 Å². The molecule has 7 heteroatoms. The van der Waals surface area contributed by atoms with Gasteiger partial charge in [-0.3, -0.25) is 5.43 Å². The lowest BCUT2D eigenvalue weighted by Crippen LogP contribution is -2.03. The normalized spacial score (nSPS) is 11.7. The summed E-state index contributed by atoms with van der Waals surface area (Å²) in [6, 6.07) is 22.4. The number of hydrogen-bond donors (Lipinski definition) is 1. The van der Waals surface area contributed by atoms with E-state index in [0.717, 1.165) is 40.1 Å². The third-order valence-electron chi connectivity index (χ3n) is 4.40. The Bertz CT molecular complexity index is 1130. The second-order valence-corrected chi connectivity index (χ2v) is 7.33. The minimum absolute atomic E-state index is 0.654. The van der Waals surface area contributed by atoms with Crippen molar-refractivity contribution in [1.82, 2.24) is 4.98 Å². The SMILES string of the molecule is FC(F)(F)c1ccc(-c2ccc(C=NNc3nc(-c4ccccc4)cs3)cc2)cc1. The third-order valence-corrected chi connectivity index (χ3v) is 5.15. The van der Waals surface area contributed by atoms with Crippen LogP contribution in [0.2, 0.25) is 0 Å². The van der Waals surface area contributed by atoms with Crippen molar-refractivity contribution < 1.29 is 13.2 Å². The molecule has 1 aromatic heterocycles. The standard InChI is InChI=1S/C23H16F3N3S/c24-23(25,26)20-12-10-18(11-13-20)17-8-6-16(7-9-17)14-27-29-22-28-21(15-30-22)19-4-2-1-3-5-19/h1-15H,(H,28,29). The molecule has 0 spiro atoms. The monoisotopic (exact) mass is 423 g/mol. The first-order chi connectivity index (χ1) is 14.5. The van der Waals surface area contributed by atoms with Crippen LogP contribution in [0.5, 0.6) is 0 Å². The lowest BCUT2D eigenvalue weighted by Gasteiger charge is -2.08. The van der Waals surface area contributed by atoms with Gasteiger partial charge in [-0.2, -0.15) is 18.3 Å². The van der Waals surface area contributed by atoms with Gasteiger partial charge in [-0.25, -0.2) is 4.98 Å². The van der Waals surface area contributed by atoms with E-state index in [1.165, 1.54) is 23.5 Å². The largest absolute Gasteiger partial charge is 0.416 e. The van der Waals surface area contributed by atoms with E-state index in [1.54, 1.807) is 6.21 Å². The lowest BCUT2D eigenvalue weighted by atomic mass is 10.0.